The second kappa shape index (κ2) is 5.75. The van der Waals surface area contributed by atoms with Crippen LogP contribution in [-0.4, -0.2) is 41.7 Å². The van der Waals surface area contributed by atoms with Crippen LogP contribution >= 0.6 is 15.9 Å². The first kappa shape index (κ1) is 14.7. The largest absolute Gasteiger partial charge is 0.332 e. The molecule has 0 atom stereocenters. The molecule has 1 saturated heterocycles. The van der Waals surface area contributed by atoms with E-state index >= 15 is 0 Å². The summed E-state index contributed by atoms with van der Waals surface area (Å²) in [5.41, 5.74) is 1.05. The molecule has 5 nitrogen and oxygen atoms in total. The number of amides is 4. The summed E-state index contributed by atoms with van der Waals surface area (Å²) in [4.78, 5) is 37.7. The molecule has 0 N–H and O–H groups in total. The highest BCUT2D eigenvalue weighted by Crippen LogP contribution is 2.21. The highest BCUT2D eigenvalue weighted by molar-refractivity contribution is 9.10. The van der Waals surface area contributed by atoms with Crippen LogP contribution in [0.2, 0.25) is 0 Å². The lowest BCUT2D eigenvalue weighted by Crippen LogP contribution is -2.56. The van der Waals surface area contributed by atoms with E-state index in [1.807, 2.05) is 24.3 Å². The molecule has 20 heavy (non-hydrogen) atoms. The van der Waals surface area contributed by atoms with Crippen LogP contribution in [0.15, 0.2) is 28.7 Å². The normalized spacial score (nSPS) is 17.1. The van der Waals surface area contributed by atoms with Gasteiger partial charge in [-0.05, 0) is 30.5 Å². The molecule has 1 aliphatic heterocycles. The zero-order valence-electron chi connectivity index (χ0n) is 11.3. The molecule has 0 aromatic heterocycles. The number of urea groups is 1. The average molecular weight is 339 g/mol. The minimum Gasteiger partial charge on any atom is -0.273 e. The number of rotatable bonds is 3. The molecule has 0 unspecified atom stereocenters. The molecular formula is C14H15BrN2O3. The van der Waals surface area contributed by atoms with Gasteiger partial charge in [-0.3, -0.25) is 19.4 Å². The zero-order chi connectivity index (χ0) is 14.9. The molecule has 0 bridgehead atoms. The molecule has 0 spiro atoms. The van der Waals surface area contributed by atoms with Crippen LogP contribution in [0.4, 0.5) is 4.79 Å². The lowest BCUT2D eigenvalue weighted by molar-refractivity contribution is -0.147. The van der Waals surface area contributed by atoms with Crippen LogP contribution in [-0.2, 0) is 16.0 Å². The van der Waals surface area contributed by atoms with Crippen LogP contribution in [0.1, 0.15) is 12.0 Å². The van der Waals surface area contributed by atoms with Gasteiger partial charge in [0.2, 0.25) is 11.8 Å². The minimum absolute atomic E-state index is 0.404. The van der Waals surface area contributed by atoms with Crippen molar-refractivity contribution >= 4 is 33.8 Å². The third-order valence-corrected chi connectivity index (χ3v) is 3.99. The molecule has 6 heteroatoms. The number of hydrogen-bond acceptors (Lipinski definition) is 3. The summed E-state index contributed by atoms with van der Waals surface area (Å²) in [6.07, 6.45) is 1.02. The quantitative estimate of drug-likeness (QED) is 0.792. The standard InChI is InChI=1S/C14H15BrN2O3/c1-16-12(18)11(13(19)17(2)14(16)20)8-5-9-3-6-10(15)7-4-9/h3-4,6-7,11H,5,8H2,1-2H3. The predicted molar refractivity (Wildman–Crippen MR) is 76.9 cm³/mol. The second-order valence-electron chi connectivity index (χ2n) is 4.79. The highest BCUT2D eigenvalue weighted by Gasteiger charge is 2.41. The lowest BCUT2D eigenvalue weighted by Gasteiger charge is -2.32. The Labute approximate surface area is 125 Å². The van der Waals surface area contributed by atoms with Gasteiger partial charge in [0, 0.05) is 18.6 Å². The van der Waals surface area contributed by atoms with E-state index < -0.39 is 23.8 Å². The Morgan fingerprint density at radius 3 is 2.00 bits per heavy atom. The maximum Gasteiger partial charge on any atom is 0.332 e. The summed E-state index contributed by atoms with van der Waals surface area (Å²) in [6, 6.07) is 7.16. The molecule has 0 radical (unpaired) electrons. The number of benzene rings is 1. The number of halogens is 1. The van der Waals surface area contributed by atoms with E-state index in [1.54, 1.807) is 0 Å². The molecule has 1 aromatic rings. The topological polar surface area (TPSA) is 57.7 Å². The summed E-state index contributed by atoms with van der Waals surface area (Å²) in [6.45, 7) is 0. The molecule has 106 valence electrons. The first-order chi connectivity index (χ1) is 9.41. The van der Waals surface area contributed by atoms with Gasteiger partial charge >= 0.3 is 6.03 Å². The number of carbonyl (C=O) groups is 3. The molecule has 1 aromatic carbocycles. The summed E-state index contributed by atoms with van der Waals surface area (Å²) in [5.74, 6) is -1.61. The van der Waals surface area contributed by atoms with E-state index in [2.05, 4.69) is 15.9 Å². The van der Waals surface area contributed by atoms with Gasteiger partial charge in [0.25, 0.3) is 0 Å². The van der Waals surface area contributed by atoms with Crippen molar-refractivity contribution in [1.29, 1.82) is 0 Å². The Bertz CT molecular complexity index is 532. The average Bonchev–Trinajstić information content (AvgIpc) is 2.45. The maximum atomic E-state index is 12.0. The molecule has 2 rings (SSSR count). The van der Waals surface area contributed by atoms with Crippen molar-refractivity contribution in [3.63, 3.8) is 0 Å². The van der Waals surface area contributed by atoms with E-state index in [9.17, 15) is 14.4 Å². The molecule has 1 heterocycles. The third-order valence-electron chi connectivity index (χ3n) is 3.47. The van der Waals surface area contributed by atoms with Crippen molar-refractivity contribution < 1.29 is 14.4 Å². The molecule has 4 amide bonds. The summed E-state index contributed by atoms with van der Waals surface area (Å²) in [5, 5.41) is 0. The van der Waals surface area contributed by atoms with Gasteiger partial charge in [-0.2, -0.15) is 0 Å². The predicted octanol–water partition coefficient (Wildman–Crippen LogP) is 2.05. The maximum absolute atomic E-state index is 12.0. The van der Waals surface area contributed by atoms with Crippen LogP contribution in [0.3, 0.4) is 0 Å². The van der Waals surface area contributed by atoms with E-state index in [4.69, 9.17) is 0 Å². The number of hydrogen-bond donors (Lipinski definition) is 0. The lowest BCUT2D eigenvalue weighted by atomic mass is 9.95. The number of barbiturate groups is 1. The van der Waals surface area contributed by atoms with Crippen LogP contribution in [0, 0.1) is 5.92 Å². The molecule has 0 aliphatic carbocycles. The van der Waals surface area contributed by atoms with Gasteiger partial charge in [0.05, 0.1) is 0 Å². The van der Waals surface area contributed by atoms with Crippen molar-refractivity contribution in [2.24, 2.45) is 5.92 Å². The molecule has 1 aliphatic rings. The zero-order valence-corrected chi connectivity index (χ0v) is 12.9. The Hall–Kier alpha value is -1.69. The summed E-state index contributed by atoms with van der Waals surface area (Å²) >= 11 is 3.36. The van der Waals surface area contributed by atoms with Crippen LogP contribution in [0.25, 0.3) is 0 Å². The van der Waals surface area contributed by atoms with Gasteiger partial charge in [-0.15, -0.1) is 0 Å². The van der Waals surface area contributed by atoms with Gasteiger partial charge in [-0.25, -0.2) is 4.79 Å². The first-order valence-corrected chi connectivity index (χ1v) is 7.04. The summed E-state index contributed by atoms with van der Waals surface area (Å²) < 4.78 is 0.983. The smallest absolute Gasteiger partial charge is 0.273 e. The molecule has 0 saturated carbocycles. The number of carbonyl (C=O) groups excluding carboxylic acids is 3. The van der Waals surface area contributed by atoms with Gasteiger partial charge in [-0.1, -0.05) is 28.1 Å². The van der Waals surface area contributed by atoms with E-state index in [1.165, 1.54) is 14.1 Å². The van der Waals surface area contributed by atoms with E-state index in [-0.39, 0.29) is 0 Å². The van der Waals surface area contributed by atoms with Crippen LogP contribution in [0.5, 0.6) is 0 Å². The van der Waals surface area contributed by atoms with Gasteiger partial charge in [0.1, 0.15) is 5.92 Å². The van der Waals surface area contributed by atoms with Gasteiger partial charge in [0.15, 0.2) is 0 Å². The number of aryl methyl sites for hydroxylation is 1. The highest BCUT2D eigenvalue weighted by atomic mass is 79.9. The Morgan fingerprint density at radius 1 is 1.00 bits per heavy atom. The van der Waals surface area contributed by atoms with Crippen LogP contribution < -0.4 is 0 Å². The molecule has 1 fully saturated rings. The SMILES string of the molecule is CN1C(=O)C(CCc2ccc(Br)cc2)C(=O)N(C)C1=O. The number of nitrogens with zero attached hydrogens (tertiary/aromatic N) is 2. The second-order valence-corrected chi connectivity index (χ2v) is 5.71. The van der Waals surface area contributed by atoms with Crippen molar-refractivity contribution in [2.45, 2.75) is 12.8 Å². The van der Waals surface area contributed by atoms with Gasteiger partial charge < -0.3 is 0 Å². The van der Waals surface area contributed by atoms with E-state index in [0.29, 0.717) is 12.8 Å². The van der Waals surface area contributed by atoms with Crippen molar-refractivity contribution in [3.05, 3.63) is 34.3 Å². The fourth-order valence-corrected chi connectivity index (χ4v) is 2.46. The third kappa shape index (κ3) is 2.75. The monoisotopic (exact) mass is 338 g/mol. The Morgan fingerprint density at radius 2 is 1.50 bits per heavy atom. The Kier molecular flexibility index (Phi) is 4.23. The van der Waals surface area contributed by atoms with Crippen molar-refractivity contribution in [3.8, 4) is 0 Å². The fraction of sp³-hybridized carbons (Fsp3) is 0.357. The fourth-order valence-electron chi connectivity index (χ4n) is 2.20. The Balaban J connectivity index is 2.08. The van der Waals surface area contributed by atoms with Crippen molar-refractivity contribution in [1.82, 2.24) is 9.80 Å². The minimum atomic E-state index is -0.772. The number of imide groups is 2. The van der Waals surface area contributed by atoms with Crippen molar-refractivity contribution in [2.75, 3.05) is 14.1 Å². The first-order valence-electron chi connectivity index (χ1n) is 6.25. The summed E-state index contributed by atoms with van der Waals surface area (Å²) in [7, 11) is 2.81. The molecular weight excluding hydrogens is 324 g/mol. The van der Waals surface area contributed by atoms with E-state index in [0.717, 1.165) is 19.8 Å².